The zero-order valence-electron chi connectivity index (χ0n) is 48.3. The van der Waals surface area contributed by atoms with Gasteiger partial charge in [0.15, 0.2) is 5.78 Å². The summed E-state index contributed by atoms with van der Waals surface area (Å²) in [6, 6.07) is 23.5. The van der Waals surface area contributed by atoms with Crippen molar-refractivity contribution in [3.8, 4) is 29.4 Å². The van der Waals surface area contributed by atoms with Gasteiger partial charge in [-0.15, -0.1) is 12.6 Å². The maximum Gasteiger partial charge on any atom is 0.488 e. The van der Waals surface area contributed by atoms with Crippen molar-refractivity contribution in [2.45, 2.75) is 134 Å². The topological polar surface area (TPSA) is 258 Å². The Morgan fingerprint density at radius 3 is 1.88 bits per heavy atom. The Morgan fingerprint density at radius 1 is 0.733 bits per heavy atom. The van der Waals surface area contributed by atoms with Crippen molar-refractivity contribution in [3.63, 3.8) is 0 Å². The molecule has 19 nitrogen and oxygen atoms in total. The molecule has 2 fully saturated rings. The van der Waals surface area contributed by atoms with E-state index in [4.69, 9.17) is 22.1 Å². The molecule has 4 amide bonds. The van der Waals surface area contributed by atoms with Gasteiger partial charge in [0.05, 0.1) is 24.2 Å². The summed E-state index contributed by atoms with van der Waals surface area (Å²) in [5.41, 5.74) is 5.21. The standard InChI is InChI=1S/C63H71F2N5O11S.O3S/c1-5-40(2)60(73)68-53(35-43-24-28-49(29-25-43)81-82(65,77)78)63(76)70-31-15-21-55(70)61(74)67-52-37-45-17-9-11-19-51(45)59(52)80-33-13-7-6-12-32-79-58-46(36-44-16-8-10-18-50(44)58)38-57(72)54-20-14-30-69(54)62(75)47(39-56(71)41(3)66-4)34-42-22-26-48(64)27-23-42;1-4(2)3/h8-11,16-19,22-29,40-41,46-47,52-55,58-59,66H,5,14-15,20-21,30-39H2,1-4H3,(H,67,74)(H,68,73);/t40-,41+,46+,47-,52-,53+,54+,55+,58-,59+;/m1./s1. The molecule has 86 heavy (non-hydrogen) atoms. The predicted molar refractivity (Wildman–Crippen MR) is 311 cm³/mol. The minimum Gasteiger partial charge on any atom is -0.360 e. The lowest BCUT2D eigenvalue weighted by Gasteiger charge is -2.31. The highest BCUT2D eigenvalue weighted by molar-refractivity contribution is 7.81. The molecular weight excluding hydrogens is 1150 g/mol. The Morgan fingerprint density at radius 2 is 1.28 bits per heavy atom. The maximum absolute atomic E-state index is 14.3. The fourth-order valence-corrected chi connectivity index (χ4v) is 11.9. The van der Waals surface area contributed by atoms with Gasteiger partial charge in [0, 0.05) is 50.1 Å². The van der Waals surface area contributed by atoms with E-state index >= 15 is 0 Å². The minimum atomic E-state index is -5.25. The van der Waals surface area contributed by atoms with Crippen LogP contribution in [0.25, 0.3) is 0 Å². The number of carbonyl (C=O) groups excluding carboxylic acids is 6. The first-order valence-electron chi connectivity index (χ1n) is 28.7. The summed E-state index contributed by atoms with van der Waals surface area (Å²) in [6.45, 7) is 6.05. The first-order valence-corrected chi connectivity index (χ1v) is 31.0. The molecular formula is C63H71F2N5O14S2. The molecule has 0 bridgehead atoms. The molecule has 0 unspecified atom stereocenters. The van der Waals surface area contributed by atoms with E-state index in [0.29, 0.717) is 57.1 Å². The molecule has 2 heterocycles. The number of hydrogen-bond donors (Lipinski definition) is 3. The Balaban J connectivity index is 0.00000256. The Kier molecular flexibility index (Phi) is 23.8. The molecule has 0 saturated carbocycles. The zero-order chi connectivity index (χ0) is 62.1. The highest BCUT2D eigenvalue weighted by Gasteiger charge is 2.43. The van der Waals surface area contributed by atoms with Gasteiger partial charge in [-0.3, -0.25) is 28.8 Å². The molecule has 8 rings (SSSR count). The number of ketones is 2. The van der Waals surface area contributed by atoms with Gasteiger partial charge < -0.3 is 39.4 Å². The summed E-state index contributed by atoms with van der Waals surface area (Å²) >= 11 is 0. The zero-order valence-corrected chi connectivity index (χ0v) is 49.9. The van der Waals surface area contributed by atoms with E-state index in [1.807, 2.05) is 55.5 Å². The molecule has 2 saturated heterocycles. The fourth-order valence-electron chi connectivity index (χ4n) is 11.6. The van der Waals surface area contributed by atoms with Gasteiger partial charge in [0.2, 0.25) is 23.6 Å². The molecule has 23 heteroatoms. The van der Waals surface area contributed by atoms with Gasteiger partial charge >= 0.3 is 21.1 Å². The molecule has 0 aromatic heterocycles. The largest absolute Gasteiger partial charge is 0.488 e. The van der Waals surface area contributed by atoms with Crippen molar-refractivity contribution in [3.05, 3.63) is 136 Å². The number of amides is 4. The van der Waals surface area contributed by atoms with Gasteiger partial charge in [-0.1, -0.05) is 102 Å². The number of benzene rings is 4. The van der Waals surface area contributed by atoms with E-state index in [1.165, 1.54) is 41.3 Å². The molecule has 4 aromatic rings. The quantitative estimate of drug-likeness (QED) is 0.0571. The number of ether oxygens (including phenoxy) is 2. The van der Waals surface area contributed by atoms with Gasteiger partial charge in [0.25, 0.3) is 0 Å². The van der Waals surface area contributed by atoms with Gasteiger partial charge in [-0.2, -0.15) is 8.42 Å². The lowest BCUT2D eigenvalue weighted by molar-refractivity contribution is -0.143. The maximum atomic E-state index is 14.3. The minimum absolute atomic E-state index is 0.0115. The first kappa shape index (κ1) is 65.9. The molecule has 0 spiro atoms. The fraction of sp³-hybridized carbons (Fsp3) is 0.460. The summed E-state index contributed by atoms with van der Waals surface area (Å²) in [5.74, 6) is 8.09. The number of halogens is 2. The van der Waals surface area contributed by atoms with Crippen LogP contribution in [0.1, 0.15) is 111 Å². The SMILES string of the molecule is CC[C@@H](C)C(=O)N[C@@H](Cc1ccc(OS(=O)(=O)F)cc1)C(=O)N1CCC[C@H]1C(=O)N[C@@H]1Cc2ccccc2[C@@H]1OCC#CC#CCO[C@H]1c2ccccc2C[C@H]1CC(=O)[C@@H]1CCCN1C(=O)[C@@H](CC(=O)[C@H](C)NC)Cc1ccc(F)cc1.O=S(=O)=O. The molecule has 3 N–H and O–H groups in total. The number of carbonyl (C=O) groups is 6. The van der Waals surface area contributed by atoms with Crippen LogP contribution in [0.5, 0.6) is 5.75 Å². The van der Waals surface area contributed by atoms with Crippen LogP contribution in [0, 0.1) is 47.3 Å². The van der Waals surface area contributed by atoms with Crippen LogP contribution in [0.15, 0.2) is 97.1 Å². The van der Waals surface area contributed by atoms with Crippen molar-refractivity contribution < 1.29 is 71.7 Å². The lowest BCUT2D eigenvalue weighted by atomic mass is 9.89. The van der Waals surface area contributed by atoms with Crippen molar-refractivity contribution in [2.24, 2.45) is 17.8 Å². The number of likely N-dealkylation sites (tertiary alicyclic amines) is 2. The number of fused-ring (bicyclic) bond motifs is 2. The second kappa shape index (κ2) is 31.1. The van der Waals surface area contributed by atoms with Crippen molar-refractivity contribution in [1.82, 2.24) is 25.8 Å². The van der Waals surface area contributed by atoms with Crippen LogP contribution >= 0.6 is 0 Å². The molecule has 2 aliphatic carbocycles. The van der Waals surface area contributed by atoms with Crippen molar-refractivity contribution in [1.29, 1.82) is 0 Å². The molecule has 10 atom stereocenters. The highest BCUT2D eigenvalue weighted by atomic mass is 32.3. The van der Waals surface area contributed by atoms with Crippen LogP contribution in [-0.4, -0.2) is 130 Å². The van der Waals surface area contributed by atoms with Crippen LogP contribution in [0.3, 0.4) is 0 Å². The predicted octanol–water partition coefficient (Wildman–Crippen LogP) is 5.59. The van der Waals surface area contributed by atoms with Crippen molar-refractivity contribution >= 4 is 56.3 Å². The monoisotopic (exact) mass is 1220 g/mol. The summed E-state index contributed by atoms with van der Waals surface area (Å²) in [7, 11) is -6.67. The number of hydrogen-bond acceptors (Lipinski definition) is 15. The summed E-state index contributed by atoms with van der Waals surface area (Å²) in [5, 5.41) is 8.97. The van der Waals surface area contributed by atoms with Crippen LogP contribution < -0.4 is 20.1 Å². The van der Waals surface area contributed by atoms with E-state index in [-0.39, 0.29) is 86.4 Å². The molecule has 458 valence electrons. The van der Waals surface area contributed by atoms with E-state index in [0.717, 1.165) is 27.8 Å². The Labute approximate surface area is 502 Å². The molecule has 4 aromatic carbocycles. The number of rotatable bonds is 24. The van der Waals surface area contributed by atoms with E-state index in [9.17, 15) is 45.5 Å². The molecule has 2 aliphatic heterocycles. The van der Waals surface area contributed by atoms with E-state index < -0.39 is 87.1 Å². The third-order valence-electron chi connectivity index (χ3n) is 16.2. The van der Waals surface area contributed by atoms with Gasteiger partial charge in [-0.05, 0) is 135 Å². The lowest BCUT2D eigenvalue weighted by Crippen LogP contribution is -2.56. The smallest absolute Gasteiger partial charge is 0.360 e. The van der Waals surface area contributed by atoms with Gasteiger partial charge in [-0.25, -0.2) is 4.39 Å². The summed E-state index contributed by atoms with van der Waals surface area (Å²) < 4.78 is 91.4. The second-order valence-electron chi connectivity index (χ2n) is 21.9. The number of nitrogens with zero attached hydrogens (tertiary/aromatic N) is 2. The average molecular weight is 1220 g/mol. The third-order valence-corrected chi connectivity index (χ3v) is 16.6. The van der Waals surface area contributed by atoms with E-state index in [1.54, 1.807) is 37.9 Å². The highest BCUT2D eigenvalue weighted by Crippen LogP contribution is 2.42. The van der Waals surface area contributed by atoms with Crippen LogP contribution in [-0.2, 0) is 85.0 Å². The summed E-state index contributed by atoms with van der Waals surface area (Å²) in [4.78, 5) is 86.6. The summed E-state index contributed by atoms with van der Waals surface area (Å²) in [6.07, 6.45) is 3.15. The Bertz CT molecular complexity index is 3450. The number of Topliss-reactive ketones (excluding diaryl/α,β-unsaturated/α-hetero) is 2. The number of likely N-dealkylation sites (N-methyl/N-ethyl adjacent to an activating group) is 1. The van der Waals surface area contributed by atoms with Gasteiger partial charge in [0.1, 0.15) is 48.8 Å². The average Bonchev–Trinajstić information content (AvgIpc) is 2.61. The van der Waals surface area contributed by atoms with Crippen LogP contribution in [0.4, 0.5) is 8.28 Å². The van der Waals surface area contributed by atoms with E-state index in [2.05, 4.69) is 43.8 Å². The molecule has 4 aliphatic rings. The first-order chi connectivity index (χ1) is 41.1. The number of nitrogens with one attached hydrogen (secondary N) is 3. The normalized spacial score (nSPS) is 20.6. The molecule has 0 radical (unpaired) electrons. The van der Waals surface area contributed by atoms with Crippen molar-refractivity contribution in [2.75, 3.05) is 33.4 Å². The Hall–Kier alpha value is -7.67. The second-order valence-corrected chi connectivity index (χ2v) is 23.3. The van der Waals surface area contributed by atoms with Crippen LogP contribution in [0.2, 0.25) is 0 Å². The third kappa shape index (κ3) is 18.2.